The number of carbonyl (C=O) groups is 1. The van der Waals surface area contributed by atoms with E-state index < -0.39 is 0 Å². The molecule has 19 heavy (non-hydrogen) atoms. The van der Waals surface area contributed by atoms with Gasteiger partial charge in [-0.3, -0.25) is 4.90 Å². The van der Waals surface area contributed by atoms with Gasteiger partial charge in [-0.2, -0.15) is 0 Å². The molecule has 0 aromatic carbocycles. The molecule has 1 aliphatic rings. The zero-order valence-corrected chi connectivity index (χ0v) is 11.8. The van der Waals surface area contributed by atoms with Crippen LogP contribution >= 0.6 is 0 Å². The molecule has 0 amide bonds. The lowest BCUT2D eigenvalue weighted by atomic mass is 10.1. The molecule has 1 atom stereocenters. The fourth-order valence-electron chi connectivity index (χ4n) is 2.51. The van der Waals surface area contributed by atoms with Gasteiger partial charge in [0.05, 0.1) is 13.7 Å². The van der Waals surface area contributed by atoms with Gasteiger partial charge in [-0.25, -0.2) is 4.79 Å². The molecule has 1 fully saturated rings. The predicted octanol–water partition coefficient (Wildman–Crippen LogP) is 1.54. The summed E-state index contributed by atoms with van der Waals surface area (Å²) >= 11 is 0. The summed E-state index contributed by atoms with van der Waals surface area (Å²) in [6.45, 7) is 3.10. The van der Waals surface area contributed by atoms with Crippen molar-refractivity contribution in [3.63, 3.8) is 0 Å². The number of likely N-dealkylation sites (N-methyl/N-ethyl adjacent to an activating group) is 1. The Labute approximate surface area is 113 Å². The van der Waals surface area contributed by atoms with Gasteiger partial charge < -0.3 is 14.9 Å². The SMILES string of the molecule is COC(=O)c1cc(CN(C)C(CN)C2CC2)oc1C. The molecule has 0 aliphatic heterocycles. The molecule has 0 bridgehead atoms. The lowest BCUT2D eigenvalue weighted by Crippen LogP contribution is -2.39. The van der Waals surface area contributed by atoms with E-state index in [4.69, 9.17) is 14.9 Å². The summed E-state index contributed by atoms with van der Waals surface area (Å²) < 4.78 is 10.3. The third kappa shape index (κ3) is 3.16. The highest BCUT2D eigenvalue weighted by molar-refractivity contribution is 5.90. The molecule has 1 aromatic heterocycles. The molecular weight excluding hydrogens is 244 g/mol. The van der Waals surface area contributed by atoms with E-state index in [9.17, 15) is 4.79 Å². The maximum Gasteiger partial charge on any atom is 0.341 e. The van der Waals surface area contributed by atoms with Crippen LogP contribution in [-0.4, -0.2) is 37.6 Å². The number of rotatable bonds is 6. The molecule has 106 valence electrons. The number of nitrogens with zero attached hydrogens (tertiary/aromatic N) is 1. The van der Waals surface area contributed by atoms with E-state index in [1.54, 1.807) is 13.0 Å². The van der Waals surface area contributed by atoms with E-state index in [1.807, 2.05) is 7.05 Å². The normalized spacial score (nSPS) is 16.7. The molecular formula is C14H22N2O3. The first-order chi connectivity index (χ1) is 9.06. The number of hydrogen-bond acceptors (Lipinski definition) is 5. The number of aryl methyl sites for hydroxylation is 1. The van der Waals surface area contributed by atoms with Crippen molar-refractivity contribution in [1.29, 1.82) is 0 Å². The van der Waals surface area contributed by atoms with E-state index in [0.29, 0.717) is 36.4 Å². The van der Waals surface area contributed by atoms with Crippen molar-refractivity contribution in [2.24, 2.45) is 11.7 Å². The van der Waals surface area contributed by atoms with Crippen LogP contribution in [0.3, 0.4) is 0 Å². The highest BCUT2D eigenvalue weighted by atomic mass is 16.5. The van der Waals surface area contributed by atoms with Crippen LogP contribution in [-0.2, 0) is 11.3 Å². The van der Waals surface area contributed by atoms with Crippen molar-refractivity contribution >= 4 is 5.97 Å². The molecule has 0 radical (unpaired) electrons. The Bertz CT molecular complexity index is 452. The Morgan fingerprint density at radius 1 is 1.63 bits per heavy atom. The quantitative estimate of drug-likeness (QED) is 0.791. The van der Waals surface area contributed by atoms with Gasteiger partial charge in [0, 0.05) is 12.6 Å². The van der Waals surface area contributed by atoms with Crippen molar-refractivity contribution in [3.8, 4) is 0 Å². The van der Waals surface area contributed by atoms with E-state index in [0.717, 1.165) is 5.76 Å². The van der Waals surface area contributed by atoms with Gasteiger partial charge in [-0.1, -0.05) is 0 Å². The summed E-state index contributed by atoms with van der Waals surface area (Å²) in [6.07, 6.45) is 2.52. The summed E-state index contributed by atoms with van der Waals surface area (Å²) in [5.41, 5.74) is 6.33. The van der Waals surface area contributed by atoms with Crippen LogP contribution in [0, 0.1) is 12.8 Å². The molecule has 0 saturated heterocycles. The molecule has 1 heterocycles. The van der Waals surface area contributed by atoms with Crippen LogP contribution in [0.5, 0.6) is 0 Å². The Kier molecular flexibility index (Phi) is 4.27. The minimum atomic E-state index is -0.354. The topological polar surface area (TPSA) is 68.7 Å². The molecule has 1 aliphatic carbocycles. The zero-order valence-electron chi connectivity index (χ0n) is 11.8. The summed E-state index contributed by atoms with van der Waals surface area (Å²) in [4.78, 5) is 13.7. The zero-order chi connectivity index (χ0) is 14.0. The van der Waals surface area contributed by atoms with Crippen molar-refractivity contribution in [2.45, 2.75) is 32.4 Å². The molecule has 1 saturated carbocycles. The average Bonchev–Trinajstić information content (AvgIpc) is 3.14. The smallest absolute Gasteiger partial charge is 0.341 e. The van der Waals surface area contributed by atoms with E-state index >= 15 is 0 Å². The fourth-order valence-corrected chi connectivity index (χ4v) is 2.51. The second kappa shape index (κ2) is 5.75. The number of furan rings is 1. The second-order valence-electron chi connectivity index (χ2n) is 5.23. The average molecular weight is 266 g/mol. The van der Waals surface area contributed by atoms with Gasteiger partial charge in [0.1, 0.15) is 17.1 Å². The van der Waals surface area contributed by atoms with Crippen LogP contribution in [0.25, 0.3) is 0 Å². The number of methoxy groups -OCH3 is 1. The molecule has 0 spiro atoms. The summed E-state index contributed by atoms with van der Waals surface area (Å²) in [5, 5.41) is 0. The Morgan fingerprint density at radius 3 is 2.84 bits per heavy atom. The van der Waals surface area contributed by atoms with Crippen molar-refractivity contribution in [2.75, 3.05) is 20.7 Å². The van der Waals surface area contributed by atoms with Crippen molar-refractivity contribution in [1.82, 2.24) is 4.90 Å². The van der Waals surface area contributed by atoms with Crippen LogP contribution in [0.2, 0.25) is 0 Å². The maximum atomic E-state index is 11.5. The molecule has 5 nitrogen and oxygen atoms in total. The molecule has 5 heteroatoms. The van der Waals surface area contributed by atoms with Gasteiger partial charge in [-0.15, -0.1) is 0 Å². The molecule has 1 unspecified atom stereocenters. The predicted molar refractivity (Wildman–Crippen MR) is 71.8 cm³/mol. The number of esters is 1. The first kappa shape index (κ1) is 14.1. The maximum absolute atomic E-state index is 11.5. The van der Waals surface area contributed by atoms with E-state index in [-0.39, 0.29) is 5.97 Å². The summed E-state index contributed by atoms with van der Waals surface area (Å²) in [5.74, 6) is 1.74. The minimum absolute atomic E-state index is 0.354. The molecule has 2 N–H and O–H groups in total. The number of hydrogen-bond donors (Lipinski definition) is 1. The highest BCUT2D eigenvalue weighted by Gasteiger charge is 2.33. The van der Waals surface area contributed by atoms with E-state index in [1.165, 1.54) is 20.0 Å². The Balaban J connectivity index is 2.04. The molecule has 2 rings (SSSR count). The largest absolute Gasteiger partial charge is 0.465 e. The third-order valence-electron chi connectivity index (χ3n) is 3.75. The van der Waals surface area contributed by atoms with E-state index in [2.05, 4.69) is 4.90 Å². The van der Waals surface area contributed by atoms with Crippen LogP contribution in [0.4, 0.5) is 0 Å². The van der Waals surface area contributed by atoms with Crippen LogP contribution < -0.4 is 5.73 Å². The first-order valence-electron chi connectivity index (χ1n) is 6.64. The lowest BCUT2D eigenvalue weighted by Gasteiger charge is -2.25. The number of nitrogens with two attached hydrogens (primary N) is 1. The molecule has 1 aromatic rings. The van der Waals surface area contributed by atoms with Gasteiger partial charge in [-0.05, 0) is 38.8 Å². The third-order valence-corrected chi connectivity index (χ3v) is 3.75. The van der Waals surface area contributed by atoms with Gasteiger partial charge in [0.15, 0.2) is 0 Å². The lowest BCUT2D eigenvalue weighted by molar-refractivity contribution is 0.0599. The summed E-state index contributed by atoms with van der Waals surface area (Å²) in [7, 11) is 3.42. The Morgan fingerprint density at radius 2 is 2.32 bits per heavy atom. The monoisotopic (exact) mass is 266 g/mol. The van der Waals surface area contributed by atoms with Gasteiger partial charge in [0.25, 0.3) is 0 Å². The Hall–Kier alpha value is -1.33. The van der Waals surface area contributed by atoms with Crippen molar-refractivity contribution in [3.05, 3.63) is 23.2 Å². The minimum Gasteiger partial charge on any atom is -0.465 e. The fraction of sp³-hybridized carbons (Fsp3) is 0.643. The second-order valence-corrected chi connectivity index (χ2v) is 5.23. The number of ether oxygens (including phenoxy) is 1. The number of carbonyl (C=O) groups excluding carboxylic acids is 1. The van der Waals surface area contributed by atoms with Gasteiger partial charge >= 0.3 is 5.97 Å². The van der Waals surface area contributed by atoms with Gasteiger partial charge in [0.2, 0.25) is 0 Å². The highest BCUT2D eigenvalue weighted by Crippen LogP contribution is 2.35. The van der Waals surface area contributed by atoms with Crippen molar-refractivity contribution < 1.29 is 13.9 Å². The van der Waals surface area contributed by atoms with Crippen LogP contribution in [0.15, 0.2) is 10.5 Å². The first-order valence-corrected chi connectivity index (χ1v) is 6.64. The standard InChI is InChI=1S/C14H22N2O3/c1-9-12(14(17)18-3)6-11(19-9)8-16(2)13(7-15)10-4-5-10/h6,10,13H,4-5,7-8,15H2,1-3H3. The summed E-state index contributed by atoms with van der Waals surface area (Å²) in [6, 6.07) is 2.16. The van der Waals surface area contributed by atoms with Crippen LogP contribution in [0.1, 0.15) is 34.7 Å².